The maximum Gasteiger partial charge on any atom is 0.324 e. The Hall–Kier alpha value is -2.53. The summed E-state index contributed by atoms with van der Waals surface area (Å²) in [5.41, 5.74) is 4.01. The fraction of sp³-hybridized carbons (Fsp3) is 0.118. The highest BCUT2D eigenvalue weighted by molar-refractivity contribution is 7.14. The molecule has 2 heterocycles. The maximum atomic E-state index is 12.2. The number of thiophene rings is 1. The van der Waals surface area contributed by atoms with Gasteiger partial charge >= 0.3 is 6.03 Å². The summed E-state index contributed by atoms with van der Waals surface area (Å²) in [5.74, 6) is 0. The van der Waals surface area contributed by atoms with Crippen LogP contribution in [-0.2, 0) is 0 Å². The first-order valence-electron chi connectivity index (χ1n) is 6.99. The Balaban J connectivity index is 1.74. The molecule has 5 heteroatoms. The molecule has 0 saturated carbocycles. The molecule has 0 spiro atoms. The molecule has 0 unspecified atom stereocenters. The van der Waals surface area contributed by atoms with Crippen LogP contribution in [0.4, 0.5) is 15.5 Å². The smallest absolute Gasteiger partial charge is 0.321 e. The average molecular weight is 311 g/mol. The van der Waals surface area contributed by atoms with E-state index in [0.29, 0.717) is 0 Å². The van der Waals surface area contributed by atoms with Gasteiger partial charge in [-0.05, 0) is 49.1 Å². The monoisotopic (exact) mass is 311 g/mol. The van der Waals surface area contributed by atoms with Gasteiger partial charge in [0.15, 0.2) is 0 Å². The van der Waals surface area contributed by atoms with Crippen molar-refractivity contribution in [3.8, 4) is 5.69 Å². The van der Waals surface area contributed by atoms with E-state index in [2.05, 4.69) is 10.6 Å². The number of anilines is 2. The summed E-state index contributed by atoms with van der Waals surface area (Å²) in [7, 11) is 0. The Kier molecular flexibility index (Phi) is 3.98. The van der Waals surface area contributed by atoms with E-state index in [4.69, 9.17) is 0 Å². The van der Waals surface area contributed by atoms with Gasteiger partial charge in [-0.15, -0.1) is 11.3 Å². The SMILES string of the molecule is Cc1ccc(NC(=O)Nc2sccc2-n2cccc2)c(C)c1. The number of aryl methyl sites for hydroxylation is 2. The minimum atomic E-state index is -0.234. The van der Waals surface area contributed by atoms with Crippen molar-refractivity contribution in [2.45, 2.75) is 13.8 Å². The minimum Gasteiger partial charge on any atom is -0.321 e. The first-order chi connectivity index (χ1) is 10.6. The van der Waals surface area contributed by atoms with Gasteiger partial charge in [-0.1, -0.05) is 17.7 Å². The Labute approximate surface area is 133 Å². The van der Waals surface area contributed by atoms with E-state index in [-0.39, 0.29) is 6.03 Å². The number of hydrogen-bond acceptors (Lipinski definition) is 2. The molecular weight excluding hydrogens is 294 g/mol. The van der Waals surface area contributed by atoms with E-state index in [1.54, 1.807) is 0 Å². The second kappa shape index (κ2) is 6.07. The molecule has 0 aliphatic carbocycles. The van der Waals surface area contributed by atoms with Crippen LogP contribution in [0.1, 0.15) is 11.1 Å². The van der Waals surface area contributed by atoms with Crippen LogP contribution in [-0.4, -0.2) is 10.6 Å². The van der Waals surface area contributed by atoms with E-state index in [9.17, 15) is 4.79 Å². The number of benzene rings is 1. The predicted molar refractivity (Wildman–Crippen MR) is 92.2 cm³/mol. The minimum absolute atomic E-state index is 0.234. The summed E-state index contributed by atoms with van der Waals surface area (Å²) in [5, 5.41) is 8.59. The second-order valence-electron chi connectivity index (χ2n) is 5.12. The van der Waals surface area contributed by atoms with Crippen LogP contribution in [0.25, 0.3) is 5.69 Å². The van der Waals surface area contributed by atoms with Crippen molar-refractivity contribution in [3.05, 3.63) is 65.3 Å². The van der Waals surface area contributed by atoms with Gasteiger partial charge < -0.3 is 9.88 Å². The molecule has 0 saturated heterocycles. The van der Waals surface area contributed by atoms with E-state index < -0.39 is 0 Å². The van der Waals surface area contributed by atoms with E-state index in [1.165, 1.54) is 16.9 Å². The third-order valence-electron chi connectivity index (χ3n) is 3.38. The lowest BCUT2D eigenvalue weighted by Gasteiger charge is -2.11. The normalized spacial score (nSPS) is 10.5. The van der Waals surface area contributed by atoms with Gasteiger partial charge in [-0.2, -0.15) is 0 Å². The lowest BCUT2D eigenvalue weighted by molar-refractivity contribution is 0.262. The number of rotatable bonds is 3. The maximum absolute atomic E-state index is 12.2. The molecule has 2 aromatic heterocycles. The molecule has 3 rings (SSSR count). The predicted octanol–water partition coefficient (Wildman–Crippen LogP) is 4.80. The molecule has 0 aliphatic rings. The fourth-order valence-corrected chi connectivity index (χ4v) is 3.08. The molecule has 0 atom stereocenters. The van der Waals surface area contributed by atoms with Crippen molar-refractivity contribution in [2.24, 2.45) is 0 Å². The Morgan fingerprint density at radius 3 is 2.59 bits per heavy atom. The zero-order chi connectivity index (χ0) is 15.5. The lowest BCUT2D eigenvalue weighted by Crippen LogP contribution is -2.20. The number of amides is 2. The molecule has 0 fully saturated rings. The molecule has 0 bridgehead atoms. The zero-order valence-corrected chi connectivity index (χ0v) is 13.3. The van der Waals surface area contributed by atoms with Crippen LogP contribution in [0.3, 0.4) is 0 Å². The van der Waals surface area contributed by atoms with Crippen molar-refractivity contribution in [1.29, 1.82) is 0 Å². The Morgan fingerprint density at radius 2 is 1.86 bits per heavy atom. The van der Waals surface area contributed by atoms with Gasteiger partial charge in [-0.25, -0.2) is 4.79 Å². The summed E-state index contributed by atoms with van der Waals surface area (Å²) in [6.45, 7) is 4.02. The molecule has 4 nitrogen and oxygen atoms in total. The van der Waals surface area contributed by atoms with Crippen LogP contribution in [0.2, 0.25) is 0 Å². The third-order valence-corrected chi connectivity index (χ3v) is 4.20. The fourth-order valence-electron chi connectivity index (χ4n) is 2.31. The first-order valence-corrected chi connectivity index (χ1v) is 7.87. The number of nitrogens with one attached hydrogen (secondary N) is 2. The molecule has 2 N–H and O–H groups in total. The summed E-state index contributed by atoms with van der Waals surface area (Å²) in [4.78, 5) is 12.2. The molecule has 112 valence electrons. The molecular formula is C17H17N3OS. The third kappa shape index (κ3) is 3.04. The standard InChI is InChI=1S/C17H17N3OS/c1-12-5-6-14(13(2)11-12)18-17(21)19-16-15(7-10-22-16)20-8-3-4-9-20/h3-11H,1-2H3,(H2,18,19,21). The van der Waals surface area contributed by atoms with E-state index in [1.807, 2.05) is 72.6 Å². The van der Waals surface area contributed by atoms with Crippen LogP contribution in [0, 0.1) is 13.8 Å². The summed E-state index contributed by atoms with van der Waals surface area (Å²) in [6.07, 6.45) is 3.91. The summed E-state index contributed by atoms with van der Waals surface area (Å²) < 4.78 is 1.98. The van der Waals surface area contributed by atoms with Crippen LogP contribution in [0.15, 0.2) is 54.2 Å². The molecule has 3 aromatic rings. The molecule has 1 aromatic carbocycles. The zero-order valence-electron chi connectivity index (χ0n) is 12.5. The highest BCUT2D eigenvalue weighted by Crippen LogP contribution is 2.27. The van der Waals surface area contributed by atoms with Crippen molar-refractivity contribution in [3.63, 3.8) is 0 Å². The van der Waals surface area contributed by atoms with Crippen LogP contribution < -0.4 is 10.6 Å². The lowest BCUT2D eigenvalue weighted by atomic mass is 10.1. The number of urea groups is 1. The summed E-state index contributed by atoms with van der Waals surface area (Å²) >= 11 is 1.50. The van der Waals surface area contributed by atoms with Gasteiger partial charge in [0.2, 0.25) is 0 Å². The average Bonchev–Trinajstić information content (AvgIpc) is 3.12. The Morgan fingerprint density at radius 1 is 1.09 bits per heavy atom. The van der Waals surface area contributed by atoms with Gasteiger partial charge in [0, 0.05) is 18.1 Å². The van der Waals surface area contributed by atoms with Crippen LogP contribution >= 0.6 is 11.3 Å². The van der Waals surface area contributed by atoms with Crippen LogP contribution in [0.5, 0.6) is 0 Å². The van der Waals surface area contributed by atoms with E-state index in [0.717, 1.165) is 21.9 Å². The number of nitrogens with zero attached hydrogens (tertiary/aromatic N) is 1. The molecule has 0 radical (unpaired) electrons. The summed E-state index contributed by atoms with van der Waals surface area (Å²) in [6, 6.07) is 11.6. The number of hydrogen-bond donors (Lipinski definition) is 2. The molecule has 0 aliphatic heterocycles. The number of aromatic nitrogens is 1. The van der Waals surface area contributed by atoms with Crippen molar-refractivity contribution in [2.75, 3.05) is 10.6 Å². The van der Waals surface area contributed by atoms with Crippen molar-refractivity contribution < 1.29 is 4.79 Å². The highest BCUT2D eigenvalue weighted by atomic mass is 32.1. The van der Waals surface area contributed by atoms with Gasteiger partial charge in [0.25, 0.3) is 0 Å². The van der Waals surface area contributed by atoms with Gasteiger partial charge in [-0.3, -0.25) is 5.32 Å². The topological polar surface area (TPSA) is 46.1 Å². The quantitative estimate of drug-likeness (QED) is 0.717. The molecule has 22 heavy (non-hydrogen) atoms. The largest absolute Gasteiger partial charge is 0.324 e. The number of carbonyl (C=O) groups excluding carboxylic acids is 1. The van der Waals surface area contributed by atoms with Crippen molar-refractivity contribution in [1.82, 2.24) is 4.57 Å². The van der Waals surface area contributed by atoms with Gasteiger partial charge in [0.05, 0.1) is 5.69 Å². The highest BCUT2D eigenvalue weighted by Gasteiger charge is 2.10. The van der Waals surface area contributed by atoms with E-state index >= 15 is 0 Å². The van der Waals surface area contributed by atoms with Crippen molar-refractivity contribution >= 4 is 28.1 Å². The first kappa shape index (κ1) is 14.4. The Bertz CT molecular complexity index is 790. The van der Waals surface area contributed by atoms with Gasteiger partial charge in [0.1, 0.15) is 5.00 Å². The molecule has 2 amide bonds. The second-order valence-corrected chi connectivity index (χ2v) is 6.04. The number of carbonyl (C=O) groups is 1.